The van der Waals surface area contributed by atoms with Crippen molar-refractivity contribution < 1.29 is 0 Å². The molecule has 104 valence electrons. The molecule has 5 nitrogen and oxygen atoms in total. The first-order chi connectivity index (χ1) is 9.09. The van der Waals surface area contributed by atoms with Crippen molar-refractivity contribution in [1.82, 2.24) is 15.3 Å². The maximum Gasteiger partial charge on any atom is 0.251 e. The molecule has 0 fully saturated rings. The van der Waals surface area contributed by atoms with Gasteiger partial charge in [0.05, 0.1) is 6.07 Å². The van der Waals surface area contributed by atoms with E-state index >= 15 is 0 Å². The Morgan fingerprint density at radius 2 is 2.37 bits per heavy atom. The second-order valence-electron chi connectivity index (χ2n) is 4.52. The zero-order valence-electron chi connectivity index (χ0n) is 11.4. The number of rotatable bonds is 8. The summed E-state index contributed by atoms with van der Waals surface area (Å²) in [5, 5.41) is 13.0. The molecule has 1 aromatic rings. The molecule has 0 bridgehead atoms. The molecule has 0 aliphatic rings. The molecule has 0 aromatic carbocycles. The van der Waals surface area contributed by atoms with E-state index in [9.17, 15) is 4.79 Å². The van der Waals surface area contributed by atoms with Crippen molar-refractivity contribution in [2.45, 2.75) is 43.8 Å². The number of H-pyrrole nitrogens is 1. The van der Waals surface area contributed by atoms with Gasteiger partial charge in [-0.25, -0.2) is 4.98 Å². The molecular formula is C13H20N4OS. The van der Waals surface area contributed by atoms with Crippen LogP contribution in [0, 0.1) is 11.3 Å². The van der Waals surface area contributed by atoms with Crippen molar-refractivity contribution in [2.75, 3.05) is 12.3 Å². The first-order valence-corrected chi connectivity index (χ1v) is 7.42. The van der Waals surface area contributed by atoms with Crippen molar-refractivity contribution in [1.29, 1.82) is 5.26 Å². The molecule has 6 heteroatoms. The summed E-state index contributed by atoms with van der Waals surface area (Å²) >= 11 is 1.54. The molecule has 0 saturated heterocycles. The molecule has 0 aliphatic heterocycles. The van der Waals surface area contributed by atoms with E-state index in [4.69, 9.17) is 5.26 Å². The van der Waals surface area contributed by atoms with Crippen molar-refractivity contribution in [3.63, 3.8) is 0 Å². The SMILES string of the molecule is CCNC(C)(C#N)CCCCSc1nccc(=O)[nH]1. The number of hydrogen-bond acceptors (Lipinski definition) is 5. The molecule has 1 heterocycles. The Bertz CT molecular complexity index is 482. The van der Waals surface area contributed by atoms with Gasteiger partial charge in [-0.3, -0.25) is 10.1 Å². The molecular weight excluding hydrogens is 260 g/mol. The van der Waals surface area contributed by atoms with Crippen LogP contribution in [0.25, 0.3) is 0 Å². The lowest BCUT2D eigenvalue weighted by molar-refractivity contribution is 0.415. The lowest BCUT2D eigenvalue weighted by Crippen LogP contribution is -2.40. The lowest BCUT2D eigenvalue weighted by atomic mass is 9.97. The van der Waals surface area contributed by atoms with Gasteiger partial charge in [0.2, 0.25) is 0 Å². The van der Waals surface area contributed by atoms with E-state index < -0.39 is 5.54 Å². The molecule has 0 amide bonds. The van der Waals surface area contributed by atoms with Gasteiger partial charge in [-0.15, -0.1) is 0 Å². The first-order valence-electron chi connectivity index (χ1n) is 6.44. The summed E-state index contributed by atoms with van der Waals surface area (Å²) in [6.07, 6.45) is 4.31. The van der Waals surface area contributed by atoms with Crippen molar-refractivity contribution in [2.24, 2.45) is 0 Å². The third-order valence-electron chi connectivity index (χ3n) is 2.77. The van der Waals surface area contributed by atoms with E-state index in [2.05, 4.69) is 21.4 Å². The highest BCUT2D eigenvalue weighted by Crippen LogP contribution is 2.17. The molecule has 19 heavy (non-hydrogen) atoms. The summed E-state index contributed by atoms with van der Waals surface area (Å²) in [6.45, 7) is 4.73. The third-order valence-corrected chi connectivity index (χ3v) is 3.75. The second-order valence-corrected chi connectivity index (χ2v) is 5.60. The fourth-order valence-electron chi connectivity index (χ4n) is 1.75. The number of aromatic nitrogens is 2. The van der Waals surface area contributed by atoms with E-state index in [1.807, 2.05) is 13.8 Å². The lowest BCUT2D eigenvalue weighted by Gasteiger charge is -2.22. The highest BCUT2D eigenvalue weighted by Gasteiger charge is 2.20. The van der Waals surface area contributed by atoms with Crippen molar-refractivity contribution in [3.8, 4) is 6.07 Å². The van der Waals surface area contributed by atoms with Crippen LogP contribution in [0.5, 0.6) is 0 Å². The first kappa shape index (κ1) is 15.7. The minimum Gasteiger partial charge on any atom is -0.301 e. The Balaban J connectivity index is 2.25. The Hall–Kier alpha value is -1.32. The summed E-state index contributed by atoms with van der Waals surface area (Å²) in [6, 6.07) is 3.72. The van der Waals surface area contributed by atoms with E-state index in [1.165, 1.54) is 24.0 Å². The van der Waals surface area contributed by atoms with Gasteiger partial charge in [-0.05, 0) is 32.7 Å². The highest BCUT2D eigenvalue weighted by atomic mass is 32.2. The summed E-state index contributed by atoms with van der Waals surface area (Å²) in [7, 11) is 0. The zero-order valence-corrected chi connectivity index (χ0v) is 12.2. The summed E-state index contributed by atoms with van der Waals surface area (Å²) in [5.41, 5.74) is -0.555. The molecule has 1 rings (SSSR count). The van der Waals surface area contributed by atoms with Gasteiger partial charge >= 0.3 is 0 Å². The normalized spacial score (nSPS) is 13.7. The number of unbranched alkanes of at least 4 members (excludes halogenated alkanes) is 1. The fraction of sp³-hybridized carbons (Fsp3) is 0.615. The van der Waals surface area contributed by atoms with Crippen LogP contribution in [0.4, 0.5) is 0 Å². The van der Waals surface area contributed by atoms with Gasteiger partial charge in [-0.2, -0.15) is 5.26 Å². The maximum absolute atomic E-state index is 11.1. The molecule has 1 aromatic heterocycles. The van der Waals surface area contributed by atoms with Gasteiger partial charge in [-0.1, -0.05) is 18.7 Å². The van der Waals surface area contributed by atoms with Gasteiger partial charge in [0.25, 0.3) is 5.56 Å². The van der Waals surface area contributed by atoms with E-state index in [1.54, 1.807) is 0 Å². The Kier molecular flexibility index (Phi) is 6.60. The number of nitrogens with zero attached hydrogens (tertiary/aromatic N) is 2. The predicted molar refractivity (Wildman–Crippen MR) is 77.1 cm³/mol. The minimum atomic E-state index is -0.432. The van der Waals surface area contributed by atoms with E-state index in [0.29, 0.717) is 5.16 Å². The Labute approximate surface area is 117 Å². The summed E-state index contributed by atoms with van der Waals surface area (Å²) < 4.78 is 0. The predicted octanol–water partition coefficient (Wildman–Crippen LogP) is 1.92. The van der Waals surface area contributed by atoms with Crippen LogP contribution in [-0.4, -0.2) is 27.8 Å². The van der Waals surface area contributed by atoms with Crippen LogP contribution < -0.4 is 10.9 Å². The molecule has 0 aliphatic carbocycles. The van der Waals surface area contributed by atoms with Crippen LogP contribution >= 0.6 is 11.8 Å². The average Bonchev–Trinajstić information content (AvgIpc) is 2.39. The van der Waals surface area contributed by atoms with E-state index in [0.717, 1.165) is 31.6 Å². The largest absolute Gasteiger partial charge is 0.301 e. The standard InChI is InChI=1S/C13H20N4OS/c1-3-16-13(2,10-14)7-4-5-9-19-12-15-8-6-11(18)17-12/h6,8,16H,3-5,7,9H2,1-2H3,(H,15,17,18). The third kappa shape index (κ3) is 5.90. The number of hydrogen-bond donors (Lipinski definition) is 2. The maximum atomic E-state index is 11.1. The Morgan fingerprint density at radius 1 is 1.58 bits per heavy atom. The molecule has 0 radical (unpaired) electrons. The average molecular weight is 280 g/mol. The van der Waals surface area contributed by atoms with Crippen LogP contribution in [-0.2, 0) is 0 Å². The van der Waals surface area contributed by atoms with Crippen LogP contribution in [0.2, 0.25) is 0 Å². The number of thioether (sulfide) groups is 1. The number of nitriles is 1. The van der Waals surface area contributed by atoms with Gasteiger partial charge < -0.3 is 4.98 Å². The highest BCUT2D eigenvalue weighted by molar-refractivity contribution is 7.99. The fourth-order valence-corrected chi connectivity index (χ4v) is 2.60. The Morgan fingerprint density at radius 3 is 3.00 bits per heavy atom. The number of nitrogens with one attached hydrogen (secondary N) is 2. The molecule has 1 atom stereocenters. The molecule has 2 N–H and O–H groups in total. The van der Waals surface area contributed by atoms with Gasteiger partial charge in [0, 0.05) is 18.0 Å². The molecule has 0 saturated carbocycles. The van der Waals surface area contributed by atoms with Crippen LogP contribution in [0.15, 0.2) is 22.2 Å². The topological polar surface area (TPSA) is 81.6 Å². The van der Waals surface area contributed by atoms with Gasteiger partial charge in [0.15, 0.2) is 5.16 Å². The van der Waals surface area contributed by atoms with Crippen LogP contribution in [0.1, 0.15) is 33.1 Å². The van der Waals surface area contributed by atoms with Crippen molar-refractivity contribution >= 4 is 11.8 Å². The van der Waals surface area contributed by atoms with Crippen LogP contribution in [0.3, 0.4) is 0 Å². The van der Waals surface area contributed by atoms with Gasteiger partial charge in [0.1, 0.15) is 5.54 Å². The minimum absolute atomic E-state index is 0.123. The summed E-state index contributed by atoms with van der Waals surface area (Å²) in [4.78, 5) is 17.8. The monoisotopic (exact) mass is 280 g/mol. The smallest absolute Gasteiger partial charge is 0.251 e. The molecule has 1 unspecified atom stereocenters. The quantitative estimate of drug-likeness (QED) is 0.432. The van der Waals surface area contributed by atoms with E-state index in [-0.39, 0.29) is 5.56 Å². The zero-order chi connectivity index (χ0) is 14.1. The second kappa shape index (κ2) is 7.97. The van der Waals surface area contributed by atoms with Crippen molar-refractivity contribution in [3.05, 3.63) is 22.6 Å². The molecule has 0 spiro atoms. The summed E-state index contributed by atoms with van der Waals surface area (Å²) in [5.74, 6) is 0.889. The number of aromatic amines is 1.